The van der Waals surface area contributed by atoms with Crippen molar-refractivity contribution in [2.24, 2.45) is 10.7 Å². The number of carbonyl (C=O) groups excluding carboxylic acids is 2. The van der Waals surface area contributed by atoms with E-state index in [-0.39, 0.29) is 29.6 Å². The molecule has 2 atom stereocenters. The van der Waals surface area contributed by atoms with E-state index in [1.54, 1.807) is 29.2 Å². The molecule has 5 rings (SSSR count). The van der Waals surface area contributed by atoms with Gasteiger partial charge in [-0.3, -0.25) is 14.5 Å². The van der Waals surface area contributed by atoms with E-state index >= 15 is 0 Å². The lowest BCUT2D eigenvalue weighted by Gasteiger charge is -2.41. The number of nitrogens with two attached hydrogens (primary N) is 1. The van der Waals surface area contributed by atoms with Gasteiger partial charge in [-0.05, 0) is 63.1 Å². The molecular formula is C29H35FN4O4. The van der Waals surface area contributed by atoms with Gasteiger partial charge in [0.15, 0.2) is 5.96 Å². The van der Waals surface area contributed by atoms with Crippen LogP contribution in [0.25, 0.3) is 0 Å². The smallest absolute Gasteiger partial charge is 0.251 e. The third-order valence-electron chi connectivity index (χ3n) is 7.99. The quantitative estimate of drug-likeness (QED) is 0.588. The van der Waals surface area contributed by atoms with Crippen LogP contribution in [0, 0.1) is 5.82 Å². The van der Waals surface area contributed by atoms with E-state index in [1.807, 2.05) is 27.7 Å². The summed E-state index contributed by atoms with van der Waals surface area (Å²) < 4.78 is 25.9. The molecular weight excluding hydrogens is 487 g/mol. The van der Waals surface area contributed by atoms with Crippen LogP contribution in [-0.4, -0.2) is 40.4 Å². The molecule has 0 aromatic heterocycles. The van der Waals surface area contributed by atoms with Crippen molar-refractivity contribution in [3.05, 3.63) is 58.9 Å². The van der Waals surface area contributed by atoms with Crippen molar-refractivity contribution in [3.8, 4) is 11.5 Å². The van der Waals surface area contributed by atoms with Crippen LogP contribution in [0.3, 0.4) is 0 Å². The minimum absolute atomic E-state index is 0.0722. The van der Waals surface area contributed by atoms with Crippen molar-refractivity contribution >= 4 is 17.8 Å². The highest BCUT2D eigenvalue weighted by atomic mass is 19.1. The summed E-state index contributed by atoms with van der Waals surface area (Å²) in [7, 11) is 0. The largest absolute Gasteiger partial charge is 0.493 e. The lowest BCUT2D eigenvalue weighted by atomic mass is 9.86. The number of nitrogens with one attached hydrogen (secondary N) is 1. The van der Waals surface area contributed by atoms with Crippen LogP contribution in [0.2, 0.25) is 0 Å². The Balaban J connectivity index is 1.44. The molecule has 0 fully saturated rings. The Morgan fingerprint density at radius 1 is 1.16 bits per heavy atom. The van der Waals surface area contributed by atoms with Gasteiger partial charge in [0.1, 0.15) is 22.9 Å². The molecule has 0 saturated carbocycles. The highest BCUT2D eigenvalue weighted by Gasteiger charge is 2.42. The number of fused-ring (bicyclic) bond motifs is 2. The first-order valence-electron chi connectivity index (χ1n) is 13.3. The Bertz CT molecular complexity index is 1300. The van der Waals surface area contributed by atoms with Gasteiger partial charge in [-0.1, -0.05) is 13.8 Å². The molecule has 0 bridgehead atoms. The lowest BCUT2D eigenvalue weighted by molar-refractivity contribution is -0.132. The Morgan fingerprint density at radius 2 is 1.89 bits per heavy atom. The minimum Gasteiger partial charge on any atom is -0.493 e. The van der Waals surface area contributed by atoms with Crippen molar-refractivity contribution in [1.82, 2.24) is 10.2 Å². The minimum atomic E-state index is -0.532. The van der Waals surface area contributed by atoms with Crippen molar-refractivity contribution in [1.29, 1.82) is 0 Å². The van der Waals surface area contributed by atoms with E-state index in [4.69, 9.17) is 20.2 Å². The van der Waals surface area contributed by atoms with Crippen molar-refractivity contribution in [3.63, 3.8) is 0 Å². The number of ether oxygens (including phenoxy) is 2. The van der Waals surface area contributed by atoms with Crippen LogP contribution in [-0.2, 0) is 4.79 Å². The molecule has 9 heteroatoms. The number of benzene rings is 2. The van der Waals surface area contributed by atoms with Crippen LogP contribution in [0.5, 0.6) is 11.5 Å². The number of carbonyl (C=O) groups is 2. The summed E-state index contributed by atoms with van der Waals surface area (Å²) in [5.41, 5.74) is 7.12. The zero-order valence-corrected chi connectivity index (χ0v) is 22.3. The average Bonchev–Trinajstić information content (AvgIpc) is 2.88. The normalized spacial score (nSPS) is 23.3. The Morgan fingerprint density at radius 3 is 2.61 bits per heavy atom. The van der Waals surface area contributed by atoms with Crippen molar-refractivity contribution in [2.75, 3.05) is 6.61 Å². The molecule has 0 aliphatic carbocycles. The van der Waals surface area contributed by atoms with Gasteiger partial charge < -0.3 is 20.5 Å². The molecule has 8 nitrogen and oxygen atoms in total. The number of hydrogen-bond acceptors (Lipinski definition) is 6. The number of halogens is 1. The molecule has 38 heavy (non-hydrogen) atoms. The van der Waals surface area contributed by atoms with E-state index < -0.39 is 17.2 Å². The molecule has 3 N–H and O–H groups in total. The van der Waals surface area contributed by atoms with E-state index in [9.17, 15) is 14.0 Å². The summed E-state index contributed by atoms with van der Waals surface area (Å²) >= 11 is 0. The van der Waals surface area contributed by atoms with Crippen LogP contribution >= 0.6 is 0 Å². The lowest BCUT2D eigenvalue weighted by Crippen LogP contribution is -2.53. The molecule has 3 aliphatic rings. The summed E-state index contributed by atoms with van der Waals surface area (Å²) in [5, 5.41) is 3.06. The number of amides is 2. The molecule has 0 spiro atoms. The highest BCUT2D eigenvalue weighted by molar-refractivity contribution is 6.00. The molecule has 0 saturated heterocycles. The standard InChI is InChI=1S/C29H35FN4O4/c1-5-29(6-2)16-25(35)34(27(31)33-29)22-11-12-37-23-9-7-17(13-20(22)23)26(36)32-21-15-28(3,4)38-24-10-8-18(30)14-19(21)24/h7-10,13-14,21-22H,5-6,11-12,15-16H2,1-4H3,(H2,31,33)(H,32,36)/t21-,22-/m1/s1. The van der Waals surface area contributed by atoms with Gasteiger partial charge in [-0.15, -0.1) is 0 Å². The van der Waals surface area contributed by atoms with Gasteiger partial charge in [0, 0.05) is 29.5 Å². The predicted octanol–water partition coefficient (Wildman–Crippen LogP) is 4.79. The first-order chi connectivity index (χ1) is 18.0. The fraction of sp³-hybridized carbons (Fsp3) is 0.483. The van der Waals surface area contributed by atoms with Gasteiger partial charge in [0.2, 0.25) is 5.91 Å². The monoisotopic (exact) mass is 522 g/mol. The van der Waals surface area contributed by atoms with E-state index in [1.165, 1.54) is 12.1 Å². The zero-order valence-electron chi connectivity index (χ0n) is 22.3. The molecule has 3 aliphatic heterocycles. The van der Waals surface area contributed by atoms with Crippen molar-refractivity contribution in [2.45, 2.75) is 83.0 Å². The second kappa shape index (κ2) is 9.60. The number of aliphatic imine (C=N–C) groups is 1. The van der Waals surface area contributed by atoms with Crippen molar-refractivity contribution < 1.29 is 23.5 Å². The van der Waals surface area contributed by atoms with Crippen LogP contribution in [0.4, 0.5) is 4.39 Å². The summed E-state index contributed by atoms with van der Waals surface area (Å²) in [6.07, 6.45) is 2.77. The molecule has 0 unspecified atom stereocenters. The third kappa shape index (κ3) is 4.70. The first-order valence-corrected chi connectivity index (χ1v) is 13.3. The maximum Gasteiger partial charge on any atom is 0.251 e. The maximum absolute atomic E-state index is 14.1. The Kier molecular flexibility index (Phi) is 6.57. The van der Waals surface area contributed by atoms with E-state index in [0.717, 1.165) is 18.4 Å². The number of hydrogen-bond donors (Lipinski definition) is 2. The summed E-state index contributed by atoms with van der Waals surface area (Å²) in [6.45, 7) is 8.33. The SMILES string of the molecule is CCC1(CC)CC(=O)N([C@@H]2CCOc3ccc(C(=O)N[C@@H]4CC(C)(C)Oc5ccc(F)cc54)cc32)C(N)=N1. The Labute approximate surface area is 222 Å². The van der Waals surface area contributed by atoms with Gasteiger partial charge in [0.25, 0.3) is 5.91 Å². The van der Waals surface area contributed by atoms with Gasteiger partial charge >= 0.3 is 0 Å². The van der Waals surface area contributed by atoms with Crippen LogP contribution < -0.4 is 20.5 Å². The van der Waals surface area contributed by atoms with E-state index in [2.05, 4.69) is 5.32 Å². The van der Waals surface area contributed by atoms with E-state index in [0.29, 0.717) is 48.5 Å². The zero-order chi connectivity index (χ0) is 27.2. The number of guanidine groups is 1. The number of nitrogens with zero attached hydrogens (tertiary/aromatic N) is 2. The Hall–Kier alpha value is -3.62. The second-order valence-electron chi connectivity index (χ2n) is 11.0. The second-order valence-corrected chi connectivity index (χ2v) is 11.0. The first kappa shape index (κ1) is 26.0. The van der Waals surface area contributed by atoms with Crippen LogP contribution in [0.15, 0.2) is 41.4 Å². The van der Waals surface area contributed by atoms with Crippen LogP contribution in [0.1, 0.15) is 93.4 Å². The fourth-order valence-electron chi connectivity index (χ4n) is 5.80. The number of rotatable bonds is 5. The average molecular weight is 523 g/mol. The molecule has 0 radical (unpaired) electrons. The molecule has 2 aromatic rings. The fourth-order valence-corrected chi connectivity index (χ4v) is 5.80. The maximum atomic E-state index is 14.1. The molecule has 2 amide bonds. The highest BCUT2D eigenvalue weighted by Crippen LogP contribution is 2.42. The summed E-state index contributed by atoms with van der Waals surface area (Å²) in [6, 6.07) is 8.75. The topological polar surface area (TPSA) is 106 Å². The molecule has 202 valence electrons. The molecule has 2 aromatic carbocycles. The van der Waals surface area contributed by atoms with Gasteiger partial charge in [-0.2, -0.15) is 0 Å². The summed E-state index contributed by atoms with van der Waals surface area (Å²) in [4.78, 5) is 33.1. The third-order valence-corrected chi connectivity index (χ3v) is 7.99. The van der Waals surface area contributed by atoms with Gasteiger partial charge in [0.05, 0.1) is 30.7 Å². The predicted molar refractivity (Wildman–Crippen MR) is 142 cm³/mol. The molecule has 3 heterocycles. The summed E-state index contributed by atoms with van der Waals surface area (Å²) in [5.74, 6) is 0.609. The van der Waals surface area contributed by atoms with Gasteiger partial charge in [-0.25, -0.2) is 9.38 Å².